The van der Waals surface area contributed by atoms with E-state index in [2.05, 4.69) is 46.8 Å². The average Bonchev–Trinajstić information content (AvgIpc) is 3.45. The van der Waals surface area contributed by atoms with Gasteiger partial charge >= 0.3 is 0 Å². The Balaban J connectivity index is 1.53. The van der Waals surface area contributed by atoms with Gasteiger partial charge in [-0.05, 0) is 51.1 Å². The van der Waals surface area contributed by atoms with Crippen LogP contribution < -0.4 is 15.4 Å². The fourth-order valence-corrected chi connectivity index (χ4v) is 4.54. The van der Waals surface area contributed by atoms with Crippen LogP contribution in [0.3, 0.4) is 0 Å². The molecule has 1 saturated heterocycles. The summed E-state index contributed by atoms with van der Waals surface area (Å²) in [6, 6.07) is 8.61. The van der Waals surface area contributed by atoms with Crippen molar-refractivity contribution >= 4 is 11.9 Å². The van der Waals surface area contributed by atoms with Crippen LogP contribution in [0.25, 0.3) is 0 Å². The number of ether oxygens (including phenoxy) is 1. The Hall–Kier alpha value is -2.28. The summed E-state index contributed by atoms with van der Waals surface area (Å²) < 4.78 is 5.38. The number of rotatable bonds is 7. The number of aliphatic imine (C=N–C) groups is 1. The number of nitrogens with one attached hydrogen (secondary N) is 2. The number of likely N-dealkylation sites (N-methyl/N-ethyl adjacent to an activating group) is 1. The van der Waals surface area contributed by atoms with Gasteiger partial charge in [-0.25, -0.2) is 0 Å². The van der Waals surface area contributed by atoms with Crippen molar-refractivity contribution in [3.63, 3.8) is 0 Å². The third kappa shape index (κ3) is 5.65. The maximum atomic E-state index is 12.7. The molecule has 7 nitrogen and oxygen atoms in total. The summed E-state index contributed by atoms with van der Waals surface area (Å²) in [6.45, 7) is 2.33. The molecular formula is C23H37N5O2. The topological polar surface area (TPSA) is 69.2 Å². The molecule has 0 radical (unpaired) electrons. The highest BCUT2D eigenvalue weighted by Crippen LogP contribution is 2.28. The molecule has 1 aliphatic carbocycles. The number of hydrogen-bond donors (Lipinski definition) is 2. The lowest BCUT2D eigenvalue weighted by Crippen LogP contribution is -2.47. The first-order valence-corrected chi connectivity index (χ1v) is 11.1. The fraction of sp³-hybridized carbons (Fsp3) is 0.652. The van der Waals surface area contributed by atoms with E-state index in [-0.39, 0.29) is 18.0 Å². The van der Waals surface area contributed by atoms with Crippen molar-refractivity contribution in [2.45, 2.75) is 44.2 Å². The average molecular weight is 416 g/mol. The van der Waals surface area contributed by atoms with Crippen LogP contribution in [0.4, 0.5) is 0 Å². The molecule has 1 amide bonds. The maximum Gasteiger partial charge on any atom is 0.225 e. The van der Waals surface area contributed by atoms with Crippen molar-refractivity contribution in [3.8, 4) is 5.75 Å². The second kappa shape index (κ2) is 10.7. The summed E-state index contributed by atoms with van der Waals surface area (Å²) in [4.78, 5) is 21.3. The minimum absolute atomic E-state index is 0.183. The molecule has 166 valence electrons. The second-order valence-electron chi connectivity index (χ2n) is 8.60. The molecule has 30 heavy (non-hydrogen) atoms. The molecule has 1 heterocycles. The predicted molar refractivity (Wildman–Crippen MR) is 121 cm³/mol. The molecule has 1 aromatic rings. The molecule has 7 heteroatoms. The highest BCUT2D eigenvalue weighted by molar-refractivity contribution is 5.81. The summed E-state index contributed by atoms with van der Waals surface area (Å²) >= 11 is 0. The molecule has 2 aliphatic rings. The third-order valence-corrected chi connectivity index (χ3v) is 6.33. The normalized spacial score (nSPS) is 21.2. The zero-order valence-corrected chi connectivity index (χ0v) is 18.9. The first-order valence-electron chi connectivity index (χ1n) is 11.1. The largest absolute Gasteiger partial charge is 0.497 e. The molecule has 1 aromatic carbocycles. The predicted octanol–water partition coefficient (Wildman–Crippen LogP) is 2.25. The van der Waals surface area contributed by atoms with Crippen LogP contribution >= 0.6 is 0 Å². The van der Waals surface area contributed by atoms with Crippen molar-refractivity contribution in [2.24, 2.45) is 10.9 Å². The summed E-state index contributed by atoms with van der Waals surface area (Å²) in [6.07, 6.45) is 5.48. The van der Waals surface area contributed by atoms with E-state index in [1.54, 1.807) is 14.2 Å². The number of hydrogen-bond acceptors (Lipinski definition) is 4. The van der Waals surface area contributed by atoms with Crippen LogP contribution in [0.2, 0.25) is 0 Å². The van der Waals surface area contributed by atoms with E-state index in [1.807, 2.05) is 17.0 Å². The fourth-order valence-electron chi connectivity index (χ4n) is 4.54. The Labute approximate surface area is 180 Å². The Kier molecular flexibility index (Phi) is 7.96. The van der Waals surface area contributed by atoms with E-state index in [0.29, 0.717) is 5.91 Å². The van der Waals surface area contributed by atoms with E-state index in [9.17, 15) is 4.79 Å². The Morgan fingerprint density at radius 1 is 1.30 bits per heavy atom. The van der Waals surface area contributed by atoms with Gasteiger partial charge in [0.1, 0.15) is 5.75 Å². The molecule has 2 unspecified atom stereocenters. The monoisotopic (exact) mass is 415 g/mol. The number of amides is 1. The molecule has 0 spiro atoms. The minimum atomic E-state index is 0.183. The lowest BCUT2D eigenvalue weighted by atomic mass is 10.1. The van der Waals surface area contributed by atoms with Crippen molar-refractivity contribution < 1.29 is 9.53 Å². The summed E-state index contributed by atoms with van der Waals surface area (Å²) in [5.41, 5.74) is 1.19. The van der Waals surface area contributed by atoms with Crippen molar-refractivity contribution in [2.75, 3.05) is 47.9 Å². The van der Waals surface area contributed by atoms with Gasteiger partial charge in [0.15, 0.2) is 5.96 Å². The molecular weight excluding hydrogens is 378 g/mol. The van der Waals surface area contributed by atoms with Crippen molar-refractivity contribution in [3.05, 3.63) is 29.8 Å². The lowest BCUT2D eigenvalue weighted by Gasteiger charge is -2.27. The van der Waals surface area contributed by atoms with Crippen LogP contribution in [0.15, 0.2) is 29.3 Å². The first kappa shape index (κ1) is 22.4. The Morgan fingerprint density at radius 2 is 2.07 bits per heavy atom. The quantitative estimate of drug-likeness (QED) is 0.528. The van der Waals surface area contributed by atoms with Gasteiger partial charge in [-0.1, -0.05) is 25.0 Å². The van der Waals surface area contributed by atoms with Gasteiger partial charge < -0.3 is 25.2 Å². The number of carbonyl (C=O) groups excluding carboxylic acids is 1. The minimum Gasteiger partial charge on any atom is -0.497 e. The zero-order valence-electron chi connectivity index (χ0n) is 18.9. The van der Waals surface area contributed by atoms with E-state index in [0.717, 1.165) is 50.6 Å². The number of likely N-dealkylation sites (tertiary alicyclic amines) is 1. The maximum absolute atomic E-state index is 12.7. The van der Waals surface area contributed by atoms with Gasteiger partial charge in [0, 0.05) is 38.6 Å². The third-order valence-electron chi connectivity index (χ3n) is 6.33. The SMILES string of the molecule is CN=C(NCC(c1cccc(OC)c1)N(C)C)NC1CCN(C(=O)C2CCCC2)C1. The van der Waals surface area contributed by atoms with E-state index >= 15 is 0 Å². The van der Waals surface area contributed by atoms with Crippen LogP contribution in [-0.2, 0) is 4.79 Å². The standard InChI is InChI=1S/C23H37N5O2/c1-24-23(25-15-21(27(2)3)18-10-7-11-20(14-18)30-4)26-19-12-13-28(16-19)22(29)17-8-5-6-9-17/h7,10-11,14,17,19,21H,5-6,8-9,12-13,15-16H2,1-4H3,(H2,24,25,26). The van der Waals surface area contributed by atoms with E-state index in [4.69, 9.17) is 4.74 Å². The first-order chi connectivity index (χ1) is 14.5. The van der Waals surface area contributed by atoms with Gasteiger partial charge in [-0.3, -0.25) is 9.79 Å². The van der Waals surface area contributed by atoms with Crippen molar-refractivity contribution in [1.82, 2.24) is 20.4 Å². The smallest absolute Gasteiger partial charge is 0.225 e. The molecule has 3 rings (SSSR count). The van der Waals surface area contributed by atoms with Gasteiger partial charge in [-0.2, -0.15) is 0 Å². The molecule has 2 N–H and O–H groups in total. The number of guanidine groups is 1. The number of methoxy groups -OCH3 is 1. The van der Waals surface area contributed by atoms with Gasteiger partial charge in [0.2, 0.25) is 5.91 Å². The second-order valence-corrected chi connectivity index (χ2v) is 8.60. The Bertz CT molecular complexity index is 730. The van der Waals surface area contributed by atoms with Crippen LogP contribution in [-0.4, -0.2) is 75.6 Å². The summed E-state index contributed by atoms with van der Waals surface area (Å²) in [5, 5.41) is 6.98. The molecule has 2 atom stereocenters. The Morgan fingerprint density at radius 3 is 2.73 bits per heavy atom. The van der Waals surface area contributed by atoms with Crippen LogP contribution in [0.1, 0.15) is 43.7 Å². The van der Waals surface area contributed by atoms with E-state index in [1.165, 1.54) is 18.4 Å². The van der Waals surface area contributed by atoms with Gasteiger partial charge in [0.05, 0.1) is 13.2 Å². The summed E-state index contributed by atoms with van der Waals surface area (Å²) in [5.74, 6) is 2.25. The molecule has 0 aromatic heterocycles. The zero-order chi connectivity index (χ0) is 21.5. The van der Waals surface area contributed by atoms with E-state index < -0.39 is 0 Å². The summed E-state index contributed by atoms with van der Waals surface area (Å²) in [7, 11) is 7.63. The van der Waals surface area contributed by atoms with Crippen LogP contribution in [0, 0.1) is 5.92 Å². The highest BCUT2D eigenvalue weighted by atomic mass is 16.5. The highest BCUT2D eigenvalue weighted by Gasteiger charge is 2.32. The van der Waals surface area contributed by atoms with Gasteiger partial charge in [-0.15, -0.1) is 0 Å². The number of nitrogens with zero attached hydrogens (tertiary/aromatic N) is 3. The molecule has 1 aliphatic heterocycles. The van der Waals surface area contributed by atoms with Crippen LogP contribution in [0.5, 0.6) is 5.75 Å². The van der Waals surface area contributed by atoms with Crippen molar-refractivity contribution in [1.29, 1.82) is 0 Å². The lowest BCUT2D eigenvalue weighted by molar-refractivity contribution is -0.134. The number of carbonyl (C=O) groups is 1. The molecule has 0 bridgehead atoms. The number of benzene rings is 1. The molecule has 1 saturated carbocycles. The molecule has 2 fully saturated rings. The van der Waals surface area contributed by atoms with Gasteiger partial charge in [0.25, 0.3) is 0 Å².